The van der Waals surface area contributed by atoms with Crippen molar-refractivity contribution < 1.29 is 0 Å². The maximum atomic E-state index is 4.29. The molecule has 0 aliphatic heterocycles. The Balaban J connectivity index is 2.52. The van der Waals surface area contributed by atoms with Gasteiger partial charge in [-0.3, -0.25) is 0 Å². The van der Waals surface area contributed by atoms with Gasteiger partial charge in [-0.25, -0.2) is 0 Å². The summed E-state index contributed by atoms with van der Waals surface area (Å²) in [5, 5.41) is 1.79. The topological polar surface area (TPSA) is 38.7 Å². The van der Waals surface area contributed by atoms with Crippen LogP contribution in [0.15, 0.2) is 30.6 Å². The number of aromatic nitrogens is 3. The van der Waals surface area contributed by atoms with Crippen molar-refractivity contribution in [2.24, 2.45) is 0 Å². The van der Waals surface area contributed by atoms with E-state index >= 15 is 0 Å². The van der Waals surface area contributed by atoms with E-state index in [0.29, 0.717) is 11.3 Å². The van der Waals surface area contributed by atoms with E-state index in [1.807, 2.05) is 6.07 Å². The van der Waals surface area contributed by atoms with Gasteiger partial charge in [0.25, 0.3) is 0 Å². The Labute approximate surface area is 80.5 Å². The fraction of sp³-hybridized carbons (Fsp3) is 0. The molecule has 0 aliphatic rings. The Morgan fingerprint density at radius 1 is 0.857 bits per heavy atom. The van der Waals surface area contributed by atoms with Gasteiger partial charge in [-0.15, -0.1) is 41.1 Å². The molecule has 3 aromatic rings. The summed E-state index contributed by atoms with van der Waals surface area (Å²) < 4.78 is 0. The third-order valence-corrected chi connectivity index (χ3v) is 2.00. The molecule has 14 heavy (non-hydrogen) atoms. The predicted octanol–water partition coefficient (Wildman–Crippen LogP) is 1.78. The molecular formula is C11H5N3-2. The standard InChI is InChI=1S/C11H5N3/c1-3-8-7-9-4-2-6-13-11(9)14-10(8)12-5-1/h1-2,5-7H/q-2. The van der Waals surface area contributed by atoms with Crippen molar-refractivity contribution in [3.8, 4) is 0 Å². The first kappa shape index (κ1) is 7.38. The van der Waals surface area contributed by atoms with Crippen molar-refractivity contribution in [2.45, 2.75) is 0 Å². The van der Waals surface area contributed by atoms with Gasteiger partial charge in [0.1, 0.15) is 0 Å². The molecule has 66 valence electrons. The van der Waals surface area contributed by atoms with Gasteiger partial charge >= 0.3 is 0 Å². The molecule has 0 atom stereocenters. The van der Waals surface area contributed by atoms with Crippen LogP contribution in [0.5, 0.6) is 0 Å². The second kappa shape index (κ2) is 2.73. The number of hydrogen-bond donors (Lipinski definition) is 0. The highest BCUT2D eigenvalue weighted by molar-refractivity contribution is 5.88. The van der Waals surface area contributed by atoms with Crippen LogP contribution in [0.1, 0.15) is 0 Å². The second-order valence-electron chi connectivity index (χ2n) is 2.91. The number of pyridine rings is 3. The van der Waals surface area contributed by atoms with Gasteiger partial charge in [-0.05, 0) is 0 Å². The zero-order valence-corrected chi connectivity index (χ0v) is 7.23. The van der Waals surface area contributed by atoms with E-state index in [1.54, 1.807) is 24.5 Å². The van der Waals surface area contributed by atoms with Gasteiger partial charge in [-0.2, -0.15) is 0 Å². The van der Waals surface area contributed by atoms with Crippen LogP contribution < -0.4 is 0 Å². The van der Waals surface area contributed by atoms with Crippen molar-refractivity contribution in [1.29, 1.82) is 0 Å². The van der Waals surface area contributed by atoms with Crippen LogP contribution in [0.2, 0.25) is 0 Å². The molecule has 0 amide bonds. The Morgan fingerprint density at radius 3 is 2.00 bits per heavy atom. The van der Waals surface area contributed by atoms with E-state index in [9.17, 15) is 0 Å². The molecule has 0 aromatic carbocycles. The van der Waals surface area contributed by atoms with Crippen LogP contribution in [0, 0.1) is 12.1 Å². The van der Waals surface area contributed by atoms with E-state index in [1.165, 1.54) is 0 Å². The zero-order chi connectivity index (χ0) is 9.38. The van der Waals surface area contributed by atoms with Crippen LogP contribution >= 0.6 is 0 Å². The van der Waals surface area contributed by atoms with E-state index in [2.05, 4.69) is 27.1 Å². The molecule has 0 radical (unpaired) electrons. The molecule has 3 heteroatoms. The van der Waals surface area contributed by atoms with E-state index in [-0.39, 0.29) is 0 Å². The largest absolute Gasteiger partial charge is 0.335 e. The van der Waals surface area contributed by atoms with Crippen LogP contribution in [-0.4, -0.2) is 15.0 Å². The van der Waals surface area contributed by atoms with Crippen LogP contribution in [0.25, 0.3) is 22.1 Å². The molecule has 0 fully saturated rings. The van der Waals surface area contributed by atoms with Gasteiger partial charge in [0.05, 0.1) is 11.3 Å². The lowest BCUT2D eigenvalue weighted by Crippen LogP contribution is -1.87. The zero-order valence-electron chi connectivity index (χ0n) is 7.23. The molecule has 3 aromatic heterocycles. The Bertz CT molecular complexity index is 499. The van der Waals surface area contributed by atoms with Gasteiger partial charge in [0.2, 0.25) is 0 Å². The summed E-state index contributed by atoms with van der Waals surface area (Å²) in [6.45, 7) is 0. The van der Waals surface area contributed by atoms with Crippen molar-refractivity contribution in [3.63, 3.8) is 0 Å². The smallest absolute Gasteiger partial charge is 0.0568 e. The van der Waals surface area contributed by atoms with Crippen molar-refractivity contribution in [2.75, 3.05) is 0 Å². The van der Waals surface area contributed by atoms with Crippen molar-refractivity contribution >= 4 is 22.1 Å². The minimum atomic E-state index is 0.673. The lowest BCUT2D eigenvalue weighted by Gasteiger charge is -2.08. The summed E-state index contributed by atoms with van der Waals surface area (Å²) in [5.41, 5.74) is 1.35. The van der Waals surface area contributed by atoms with Crippen LogP contribution in [0.3, 0.4) is 0 Å². The van der Waals surface area contributed by atoms with Gasteiger partial charge in [-0.1, -0.05) is 12.4 Å². The normalized spacial score (nSPS) is 10.9. The molecule has 3 nitrogen and oxygen atoms in total. The number of rotatable bonds is 0. The monoisotopic (exact) mass is 179 g/mol. The summed E-state index contributed by atoms with van der Waals surface area (Å²) in [6, 6.07) is 11.6. The highest BCUT2D eigenvalue weighted by Crippen LogP contribution is 2.14. The number of hydrogen-bond acceptors (Lipinski definition) is 3. The lowest BCUT2D eigenvalue weighted by molar-refractivity contribution is 1.27. The Morgan fingerprint density at radius 2 is 1.43 bits per heavy atom. The summed E-state index contributed by atoms with van der Waals surface area (Å²) in [7, 11) is 0. The molecule has 0 bridgehead atoms. The van der Waals surface area contributed by atoms with Gasteiger partial charge in [0.15, 0.2) is 0 Å². The maximum Gasteiger partial charge on any atom is 0.0568 e. The molecule has 0 aliphatic carbocycles. The number of nitrogens with zero attached hydrogens (tertiary/aromatic N) is 3. The average molecular weight is 179 g/mol. The van der Waals surface area contributed by atoms with E-state index in [4.69, 9.17) is 0 Å². The van der Waals surface area contributed by atoms with Gasteiger partial charge in [0, 0.05) is 0 Å². The Hall–Kier alpha value is -2.03. The van der Waals surface area contributed by atoms with Crippen LogP contribution in [0.4, 0.5) is 0 Å². The SMILES string of the molecule is [c-]1ccnc2nc3ncc[c-]c3cc12. The lowest BCUT2D eigenvalue weighted by atomic mass is 10.2. The highest BCUT2D eigenvalue weighted by atomic mass is 14.9. The predicted molar refractivity (Wildman–Crippen MR) is 52.5 cm³/mol. The van der Waals surface area contributed by atoms with Gasteiger partial charge < -0.3 is 15.0 Å². The minimum Gasteiger partial charge on any atom is -0.335 e. The fourth-order valence-electron chi connectivity index (χ4n) is 1.37. The summed E-state index contributed by atoms with van der Waals surface area (Å²) in [6.07, 6.45) is 3.35. The third kappa shape index (κ3) is 1.03. The number of fused-ring (bicyclic) bond motifs is 2. The van der Waals surface area contributed by atoms with Crippen LogP contribution in [-0.2, 0) is 0 Å². The van der Waals surface area contributed by atoms with E-state index in [0.717, 1.165) is 10.8 Å². The molecule has 3 rings (SSSR count). The summed E-state index contributed by atoms with van der Waals surface area (Å²) in [4.78, 5) is 12.6. The Kier molecular flexibility index (Phi) is 1.44. The molecule has 0 saturated carbocycles. The minimum absolute atomic E-state index is 0.673. The molecule has 0 N–H and O–H groups in total. The molecular weight excluding hydrogens is 174 g/mol. The molecule has 0 unspecified atom stereocenters. The highest BCUT2D eigenvalue weighted by Gasteiger charge is 1.88. The van der Waals surface area contributed by atoms with E-state index < -0.39 is 0 Å². The molecule has 3 heterocycles. The third-order valence-electron chi connectivity index (χ3n) is 2.00. The first-order valence-electron chi connectivity index (χ1n) is 4.23. The second-order valence-corrected chi connectivity index (χ2v) is 2.91. The first-order chi connectivity index (χ1) is 6.93. The van der Waals surface area contributed by atoms with Crippen molar-refractivity contribution in [3.05, 3.63) is 42.7 Å². The fourth-order valence-corrected chi connectivity index (χ4v) is 1.37. The maximum absolute atomic E-state index is 4.29. The van der Waals surface area contributed by atoms with Crippen molar-refractivity contribution in [1.82, 2.24) is 15.0 Å². The summed E-state index contributed by atoms with van der Waals surface area (Å²) in [5.74, 6) is 0. The molecule has 0 saturated heterocycles. The first-order valence-corrected chi connectivity index (χ1v) is 4.23. The quantitative estimate of drug-likeness (QED) is 0.390. The average Bonchev–Trinajstić information content (AvgIpc) is 2.26. The summed E-state index contributed by atoms with van der Waals surface area (Å²) >= 11 is 0. The molecule has 0 spiro atoms.